The predicted molar refractivity (Wildman–Crippen MR) is 90.2 cm³/mol. The molecule has 1 atom stereocenters. The van der Waals surface area contributed by atoms with Gasteiger partial charge >= 0.3 is 0 Å². The number of ether oxygens (including phenoxy) is 2. The van der Waals surface area contributed by atoms with Gasteiger partial charge in [0, 0.05) is 11.3 Å². The summed E-state index contributed by atoms with van der Waals surface area (Å²) in [4.78, 5) is 24.4. The lowest BCUT2D eigenvalue weighted by Crippen LogP contribution is -2.36. The zero-order valence-electron chi connectivity index (χ0n) is 13.2. The zero-order valence-corrected chi connectivity index (χ0v) is 13.2. The first-order valence-electron chi connectivity index (χ1n) is 7.80. The normalized spacial score (nSPS) is 20.6. The van der Waals surface area contributed by atoms with Crippen molar-refractivity contribution in [1.82, 2.24) is 0 Å². The summed E-state index contributed by atoms with van der Waals surface area (Å²) in [5.74, 6) is 0.347. The average Bonchev–Trinajstić information content (AvgIpc) is 3.16. The molecule has 0 bridgehead atoms. The van der Waals surface area contributed by atoms with Gasteiger partial charge in [-0.1, -0.05) is 30.3 Å². The molecule has 6 nitrogen and oxygen atoms in total. The molecule has 0 aromatic heterocycles. The van der Waals surface area contributed by atoms with Crippen LogP contribution in [0, 0.1) is 0 Å². The van der Waals surface area contributed by atoms with Crippen LogP contribution in [0.1, 0.15) is 17.5 Å². The van der Waals surface area contributed by atoms with Gasteiger partial charge in [-0.2, -0.15) is 0 Å². The Morgan fingerprint density at radius 1 is 1.20 bits per heavy atom. The molecule has 4 rings (SSSR count). The number of hydrogen-bond donors (Lipinski definition) is 2. The van der Waals surface area contributed by atoms with E-state index >= 15 is 0 Å². The Morgan fingerprint density at radius 3 is 2.88 bits per heavy atom. The summed E-state index contributed by atoms with van der Waals surface area (Å²) < 4.78 is 10.5. The van der Waals surface area contributed by atoms with E-state index in [-0.39, 0.29) is 19.0 Å². The Bertz CT molecular complexity index is 904. The molecule has 1 unspecified atom stereocenters. The molecule has 0 spiro atoms. The minimum Gasteiger partial charge on any atom is -0.454 e. The van der Waals surface area contributed by atoms with Crippen molar-refractivity contribution in [2.75, 3.05) is 12.1 Å². The zero-order chi connectivity index (χ0) is 17.4. The van der Waals surface area contributed by atoms with Crippen molar-refractivity contribution < 1.29 is 24.2 Å². The molecule has 2 N–H and O–H groups in total. The van der Waals surface area contributed by atoms with Crippen LogP contribution in [0.5, 0.6) is 11.5 Å². The molecule has 0 saturated heterocycles. The number of allylic oxidation sites excluding steroid dienone is 1. The summed E-state index contributed by atoms with van der Waals surface area (Å²) in [5, 5.41) is 13.3. The average molecular weight is 337 g/mol. The lowest BCUT2D eigenvalue weighted by Gasteiger charge is -2.18. The summed E-state index contributed by atoms with van der Waals surface area (Å²) in [6.45, 7) is 0.184. The van der Waals surface area contributed by atoms with Gasteiger partial charge in [-0.15, -0.1) is 0 Å². The molecule has 0 radical (unpaired) electrons. The second kappa shape index (κ2) is 5.75. The molecule has 2 heterocycles. The largest absolute Gasteiger partial charge is 0.454 e. The molecule has 126 valence electrons. The third-order valence-corrected chi connectivity index (χ3v) is 4.28. The van der Waals surface area contributed by atoms with E-state index in [1.165, 1.54) is 6.08 Å². The van der Waals surface area contributed by atoms with Crippen LogP contribution in [0.4, 0.5) is 5.69 Å². The quantitative estimate of drug-likeness (QED) is 0.836. The van der Waals surface area contributed by atoms with Crippen molar-refractivity contribution >= 4 is 23.5 Å². The van der Waals surface area contributed by atoms with Gasteiger partial charge in [0.1, 0.15) is 0 Å². The van der Waals surface area contributed by atoms with Gasteiger partial charge in [0.25, 0.3) is 5.91 Å². The first kappa shape index (κ1) is 15.4. The van der Waals surface area contributed by atoms with E-state index < -0.39 is 11.5 Å². The maximum atomic E-state index is 12.3. The van der Waals surface area contributed by atoms with E-state index in [9.17, 15) is 14.7 Å². The molecule has 0 saturated carbocycles. The fraction of sp³-hybridized carbons (Fsp3) is 0.158. The van der Waals surface area contributed by atoms with Gasteiger partial charge in [-0.3, -0.25) is 9.59 Å². The number of hydrogen-bond acceptors (Lipinski definition) is 5. The highest BCUT2D eigenvalue weighted by Gasteiger charge is 2.46. The summed E-state index contributed by atoms with van der Waals surface area (Å²) in [6.07, 6.45) is 2.65. The van der Waals surface area contributed by atoms with Crippen LogP contribution in [0.3, 0.4) is 0 Å². The molecule has 2 aromatic rings. The second-order valence-corrected chi connectivity index (χ2v) is 5.95. The van der Waals surface area contributed by atoms with Gasteiger partial charge in [0.2, 0.25) is 6.79 Å². The highest BCUT2D eigenvalue weighted by Crippen LogP contribution is 2.38. The number of nitrogens with one attached hydrogen (secondary N) is 1. The SMILES string of the molecule is O=C(/C=C/c1ccc2c(c1)OCO2)CC1(O)C(=O)Nc2ccccc21. The van der Waals surface area contributed by atoms with Crippen LogP contribution < -0.4 is 14.8 Å². The summed E-state index contributed by atoms with van der Waals surface area (Å²) in [5.41, 5.74) is -0.124. The van der Waals surface area contributed by atoms with Crippen molar-refractivity contribution in [2.24, 2.45) is 0 Å². The standard InChI is InChI=1S/C19H15NO5/c21-13(7-5-12-6-8-16-17(9-12)25-11-24-16)10-19(23)14-3-1-2-4-15(14)20-18(19)22/h1-9,23H,10-11H2,(H,20,22)/b7-5+. The van der Waals surface area contributed by atoms with Crippen LogP contribution in [-0.2, 0) is 15.2 Å². The Kier molecular flexibility index (Phi) is 3.54. The van der Waals surface area contributed by atoms with Crippen molar-refractivity contribution in [3.05, 3.63) is 59.7 Å². The Morgan fingerprint density at radius 2 is 2.00 bits per heavy atom. The number of para-hydroxylation sites is 1. The maximum absolute atomic E-state index is 12.3. The van der Waals surface area contributed by atoms with E-state index in [1.54, 1.807) is 48.5 Å². The first-order chi connectivity index (χ1) is 12.1. The van der Waals surface area contributed by atoms with E-state index in [0.717, 1.165) is 5.56 Å². The van der Waals surface area contributed by atoms with Crippen LogP contribution in [0.25, 0.3) is 6.08 Å². The van der Waals surface area contributed by atoms with Crippen LogP contribution in [0.2, 0.25) is 0 Å². The van der Waals surface area contributed by atoms with Gasteiger partial charge in [0.05, 0.1) is 6.42 Å². The van der Waals surface area contributed by atoms with E-state index in [2.05, 4.69) is 5.32 Å². The molecule has 25 heavy (non-hydrogen) atoms. The van der Waals surface area contributed by atoms with Crippen LogP contribution in [0.15, 0.2) is 48.5 Å². The maximum Gasteiger partial charge on any atom is 0.261 e. The number of rotatable bonds is 4. The van der Waals surface area contributed by atoms with Crippen molar-refractivity contribution in [1.29, 1.82) is 0 Å². The molecule has 6 heteroatoms. The van der Waals surface area contributed by atoms with Gasteiger partial charge in [0.15, 0.2) is 22.9 Å². The molecule has 2 aromatic carbocycles. The second-order valence-electron chi connectivity index (χ2n) is 5.95. The van der Waals surface area contributed by atoms with Crippen LogP contribution in [-0.4, -0.2) is 23.6 Å². The monoisotopic (exact) mass is 337 g/mol. The van der Waals surface area contributed by atoms with Crippen molar-refractivity contribution in [3.63, 3.8) is 0 Å². The number of amides is 1. The minimum atomic E-state index is -1.84. The van der Waals surface area contributed by atoms with E-state index in [1.807, 2.05) is 0 Å². The van der Waals surface area contributed by atoms with E-state index in [4.69, 9.17) is 9.47 Å². The van der Waals surface area contributed by atoms with E-state index in [0.29, 0.717) is 22.7 Å². The minimum absolute atomic E-state index is 0.184. The number of anilines is 1. The van der Waals surface area contributed by atoms with Gasteiger partial charge < -0.3 is 19.9 Å². The Hall–Kier alpha value is -3.12. The number of ketones is 1. The highest BCUT2D eigenvalue weighted by molar-refractivity contribution is 6.08. The molecule has 2 aliphatic rings. The third kappa shape index (κ3) is 2.66. The summed E-state index contributed by atoms with van der Waals surface area (Å²) >= 11 is 0. The first-order valence-corrected chi connectivity index (χ1v) is 7.80. The molecular weight excluding hydrogens is 322 g/mol. The smallest absolute Gasteiger partial charge is 0.261 e. The molecule has 2 aliphatic heterocycles. The Balaban J connectivity index is 1.51. The van der Waals surface area contributed by atoms with Crippen molar-refractivity contribution in [3.8, 4) is 11.5 Å². The van der Waals surface area contributed by atoms with Crippen molar-refractivity contribution in [2.45, 2.75) is 12.0 Å². The topological polar surface area (TPSA) is 84.9 Å². The number of benzene rings is 2. The van der Waals surface area contributed by atoms with Gasteiger partial charge in [-0.05, 0) is 29.8 Å². The lowest BCUT2D eigenvalue weighted by atomic mass is 9.90. The molecule has 0 fully saturated rings. The Labute approximate surface area is 143 Å². The molecular formula is C19H15NO5. The number of fused-ring (bicyclic) bond motifs is 2. The third-order valence-electron chi connectivity index (χ3n) is 4.28. The summed E-state index contributed by atoms with van der Waals surface area (Å²) in [6, 6.07) is 12.1. The molecule has 0 aliphatic carbocycles. The number of carbonyl (C=O) groups is 2. The summed E-state index contributed by atoms with van der Waals surface area (Å²) in [7, 11) is 0. The molecule has 1 amide bonds. The highest BCUT2D eigenvalue weighted by atomic mass is 16.7. The number of carbonyl (C=O) groups excluding carboxylic acids is 2. The predicted octanol–water partition coefficient (Wildman–Crippen LogP) is 2.23. The number of aliphatic hydroxyl groups is 1. The van der Waals surface area contributed by atoms with Gasteiger partial charge in [-0.25, -0.2) is 0 Å². The lowest BCUT2D eigenvalue weighted by molar-refractivity contribution is -0.138. The van der Waals surface area contributed by atoms with Crippen LogP contribution >= 0.6 is 0 Å². The fourth-order valence-electron chi connectivity index (χ4n) is 2.99. The fourth-order valence-corrected chi connectivity index (χ4v) is 2.99.